The van der Waals surface area contributed by atoms with Crippen molar-refractivity contribution in [1.29, 1.82) is 0 Å². The molecule has 6 heteroatoms. The second-order valence-corrected chi connectivity index (χ2v) is 7.38. The van der Waals surface area contributed by atoms with Crippen LogP contribution in [0.4, 0.5) is 0 Å². The molecule has 2 rings (SSSR count). The molecule has 1 aliphatic carbocycles. The van der Waals surface area contributed by atoms with Crippen LogP contribution in [0.15, 0.2) is 17.2 Å². The predicted octanol–water partition coefficient (Wildman–Crippen LogP) is 1.82. The van der Waals surface area contributed by atoms with E-state index < -0.39 is 10.0 Å². The van der Waals surface area contributed by atoms with Crippen LogP contribution in [-0.2, 0) is 23.1 Å². The van der Waals surface area contributed by atoms with E-state index in [2.05, 4.69) is 11.6 Å². The van der Waals surface area contributed by atoms with Gasteiger partial charge in [0.25, 0.3) is 0 Å². The SMILES string of the molecule is CCCn1cc(S(=O)(=O)NC(C)C2CCC2)cc1CN. The zero-order valence-corrected chi connectivity index (χ0v) is 13.1. The van der Waals surface area contributed by atoms with Gasteiger partial charge in [-0.1, -0.05) is 13.3 Å². The molecular formula is C14H25N3O2S. The number of nitrogens with two attached hydrogens (primary N) is 1. The fraction of sp³-hybridized carbons (Fsp3) is 0.714. The third kappa shape index (κ3) is 3.24. The maximum absolute atomic E-state index is 12.4. The molecule has 1 unspecified atom stereocenters. The zero-order valence-electron chi connectivity index (χ0n) is 12.3. The average molecular weight is 299 g/mol. The van der Waals surface area contributed by atoms with Gasteiger partial charge in [-0.3, -0.25) is 0 Å². The lowest BCUT2D eigenvalue weighted by Crippen LogP contribution is -2.40. The van der Waals surface area contributed by atoms with Crippen molar-refractivity contribution in [3.63, 3.8) is 0 Å². The van der Waals surface area contributed by atoms with E-state index in [0.717, 1.165) is 31.5 Å². The molecule has 0 aliphatic heterocycles. The number of nitrogens with one attached hydrogen (secondary N) is 1. The molecule has 1 aromatic rings. The van der Waals surface area contributed by atoms with Crippen LogP contribution in [0.5, 0.6) is 0 Å². The van der Waals surface area contributed by atoms with Crippen LogP contribution in [0.3, 0.4) is 0 Å². The molecule has 0 radical (unpaired) electrons. The van der Waals surface area contributed by atoms with Crippen LogP contribution < -0.4 is 10.5 Å². The fourth-order valence-corrected chi connectivity index (χ4v) is 4.02. The summed E-state index contributed by atoms with van der Waals surface area (Å²) in [4.78, 5) is 0.331. The third-order valence-electron chi connectivity index (χ3n) is 4.14. The van der Waals surface area contributed by atoms with E-state index in [9.17, 15) is 8.42 Å². The predicted molar refractivity (Wildman–Crippen MR) is 79.7 cm³/mol. The zero-order chi connectivity index (χ0) is 14.8. The van der Waals surface area contributed by atoms with Gasteiger partial charge in [-0.05, 0) is 38.2 Å². The lowest BCUT2D eigenvalue weighted by atomic mass is 9.81. The molecule has 0 spiro atoms. The van der Waals surface area contributed by atoms with Crippen molar-refractivity contribution in [1.82, 2.24) is 9.29 Å². The Kier molecular flexibility index (Phi) is 4.88. The van der Waals surface area contributed by atoms with E-state index in [0.29, 0.717) is 17.4 Å². The minimum atomic E-state index is -3.44. The highest BCUT2D eigenvalue weighted by Gasteiger charge is 2.28. The van der Waals surface area contributed by atoms with Gasteiger partial charge in [0.2, 0.25) is 10.0 Å². The Hall–Kier alpha value is -0.850. The summed E-state index contributed by atoms with van der Waals surface area (Å²) in [6.45, 7) is 5.16. The quantitative estimate of drug-likeness (QED) is 0.806. The molecule has 3 N–H and O–H groups in total. The van der Waals surface area contributed by atoms with Crippen LogP contribution in [0, 0.1) is 5.92 Å². The molecule has 1 atom stereocenters. The first kappa shape index (κ1) is 15.5. The summed E-state index contributed by atoms with van der Waals surface area (Å²) in [5.74, 6) is 0.483. The smallest absolute Gasteiger partial charge is 0.242 e. The van der Waals surface area contributed by atoms with E-state index in [1.165, 1.54) is 6.42 Å². The van der Waals surface area contributed by atoms with Crippen molar-refractivity contribution in [2.75, 3.05) is 0 Å². The second-order valence-electron chi connectivity index (χ2n) is 5.67. The van der Waals surface area contributed by atoms with Gasteiger partial charge in [0, 0.05) is 31.0 Å². The molecule has 1 aliphatic rings. The lowest BCUT2D eigenvalue weighted by molar-refractivity contribution is 0.260. The normalized spacial score (nSPS) is 17.9. The highest BCUT2D eigenvalue weighted by atomic mass is 32.2. The minimum absolute atomic E-state index is 0.00426. The van der Waals surface area contributed by atoms with Crippen LogP contribution in [-0.4, -0.2) is 19.0 Å². The second kappa shape index (κ2) is 6.28. The maximum Gasteiger partial charge on any atom is 0.242 e. The van der Waals surface area contributed by atoms with Gasteiger partial charge in [0.1, 0.15) is 0 Å². The van der Waals surface area contributed by atoms with Gasteiger partial charge >= 0.3 is 0 Å². The van der Waals surface area contributed by atoms with Gasteiger partial charge < -0.3 is 10.3 Å². The summed E-state index contributed by atoms with van der Waals surface area (Å²) in [7, 11) is -3.44. The topological polar surface area (TPSA) is 77.1 Å². The van der Waals surface area contributed by atoms with Crippen LogP contribution in [0.2, 0.25) is 0 Å². The molecule has 0 saturated heterocycles. The van der Waals surface area contributed by atoms with Crippen molar-refractivity contribution in [2.45, 2.75) is 63.6 Å². The molecule has 1 fully saturated rings. The Morgan fingerprint density at radius 2 is 2.20 bits per heavy atom. The maximum atomic E-state index is 12.4. The Bertz CT molecular complexity index is 547. The Balaban J connectivity index is 2.15. The minimum Gasteiger partial charge on any atom is -0.349 e. The number of hydrogen-bond donors (Lipinski definition) is 2. The van der Waals surface area contributed by atoms with E-state index in [1.807, 2.05) is 11.5 Å². The molecule has 114 valence electrons. The Morgan fingerprint density at radius 1 is 1.50 bits per heavy atom. The first-order valence-electron chi connectivity index (χ1n) is 7.39. The monoisotopic (exact) mass is 299 g/mol. The average Bonchev–Trinajstić information content (AvgIpc) is 2.70. The number of rotatable bonds is 7. The van der Waals surface area contributed by atoms with Crippen LogP contribution in [0.25, 0.3) is 0 Å². The molecule has 0 bridgehead atoms. The lowest BCUT2D eigenvalue weighted by Gasteiger charge is -2.31. The van der Waals surface area contributed by atoms with E-state index in [4.69, 9.17) is 5.73 Å². The van der Waals surface area contributed by atoms with Crippen molar-refractivity contribution < 1.29 is 8.42 Å². The van der Waals surface area contributed by atoms with Gasteiger partial charge in [-0.15, -0.1) is 0 Å². The molecule has 1 saturated carbocycles. The molecule has 0 aromatic carbocycles. The highest BCUT2D eigenvalue weighted by Crippen LogP contribution is 2.30. The van der Waals surface area contributed by atoms with Gasteiger partial charge in [-0.25, -0.2) is 13.1 Å². The third-order valence-corrected chi connectivity index (χ3v) is 5.67. The largest absolute Gasteiger partial charge is 0.349 e. The van der Waals surface area contributed by atoms with E-state index in [1.54, 1.807) is 12.3 Å². The molecular weight excluding hydrogens is 274 g/mol. The summed E-state index contributed by atoms with van der Waals surface area (Å²) in [6.07, 6.45) is 6.10. The van der Waals surface area contributed by atoms with Crippen LogP contribution >= 0.6 is 0 Å². The number of aromatic nitrogens is 1. The van der Waals surface area contributed by atoms with Crippen LogP contribution in [0.1, 0.15) is 45.2 Å². The van der Waals surface area contributed by atoms with Crippen molar-refractivity contribution in [2.24, 2.45) is 11.7 Å². The standard InChI is InChI=1S/C14H25N3O2S/c1-3-7-17-10-14(8-13(17)9-15)20(18,19)16-11(2)12-5-4-6-12/h8,10-12,16H,3-7,9,15H2,1-2H3. The van der Waals surface area contributed by atoms with Crippen molar-refractivity contribution in [3.8, 4) is 0 Å². The number of hydrogen-bond acceptors (Lipinski definition) is 3. The Labute approximate surface area is 121 Å². The summed E-state index contributed by atoms with van der Waals surface area (Å²) < 4.78 is 29.5. The molecule has 0 amide bonds. The van der Waals surface area contributed by atoms with E-state index >= 15 is 0 Å². The summed E-state index contributed by atoms with van der Waals surface area (Å²) in [5, 5.41) is 0. The van der Waals surface area contributed by atoms with Gasteiger partial charge in [0.05, 0.1) is 4.90 Å². The number of nitrogens with zero attached hydrogens (tertiary/aromatic N) is 1. The molecule has 1 aromatic heterocycles. The fourth-order valence-electron chi connectivity index (χ4n) is 2.64. The van der Waals surface area contributed by atoms with Gasteiger partial charge in [-0.2, -0.15) is 0 Å². The highest BCUT2D eigenvalue weighted by molar-refractivity contribution is 7.89. The number of sulfonamides is 1. The molecule has 20 heavy (non-hydrogen) atoms. The summed E-state index contributed by atoms with van der Waals surface area (Å²) in [6, 6.07) is 1.69. The van der Waals surface area contributed by atoms with E-state index in [-0.39, 0.29) is 6.04 Å². The first-order chi connectivity index (χ1) is 9.47. The number of aryl methyl sites for hydroxylation is 1. The van der Waals surface area contributed by atoms with Crippen molar-refractivity contribution in [3.05, 3.63) is 18.0 Å². The summed E-state index contributed by atoms with van der Waals surface area (Å²) >= 11 is 0. The molecule has 5 nitrogen and oxygen atoms in total. The molecule has 1 heterocycles. The first-order valence-corrected chi connectivity index (χ1v) is 8.87. The Morgan fingerprint density at radius 3 is 2.70 bits per heavy atom. The van der Waals surface area contributed by atoms with Gasteiger partial charge in [0.15, 0.2) is 0 Å². The summed E-state index contributed by atoms with van der Waals surface area (Å²) in [5.41, 5.74) is 6.55. The van der Waals surface area contributed by atoms with Crippen molar-refractivity contribution >= 4 is 10.0 Å².